The number of anilines is 2. The van der Waals surface area contributed by atoms with Crippen molar-refractivity contribution >= 4 is 11.6 Å². The maximum absolute atomic E-state index is 4.46. The standard InChI is InChI=1S/C13H21N7/c1-4-10-17-12(14-5-2)8-13(18-10)15-7-6-11-16-9-20(3)19-11/h8-9H,4-7H2,1-3H3,(H2,14,15,17,18). The summed E-state index contributed by atoms with van der Waals surface area (Å²) in [5.74, 6) is 3.36. The van der Waals surface area contributed by atoms with Crippen molar-refractivity contribution < 1.29 is 0 Å². The Kier molecular flexibility index (Phi) is 4.86. The Balaban J connectivity index is 1.95. The van der Waals surface area contributed by atoms with Crippen molar-refractivity contribution in [3.05, 3.63) is 24.0 Å². The van der Waals surface area contributed by atoms with Crippen molar-refractivity contribution in [1.29, 1.82) is 0 Å². The van der Waals surface area contributed by atoms with Gasteiger partial charge in [-0.15, -0.1) is 0 Å². The molecule has 0 spiro atoms. The van der Waals surface area contributed by atoms with Crippen molar-refractivity contribution in [3.63, 3.8) is 0 Å². The Morgan fingerprint density at radius 2 is 1.85 bits per heavy atom. The number of aromatic nitrogens is 5. The molecule has 0 bridgehead atoms. The van der Waals surface area contributed by atoms with Gasteiger partial charge in [0.15, 0.2) is 5.82 Å². The second kappa shape index (κ2) is 6.83. The Morgan fingerprint density at radius 3 is 2.45 bits per heavy atom. The summed E-state index contributed by atoms with van der Waals surface area (Å²) >= 11 is 0. The van der Waals surface area contributed by atoms with E-state index in [1.54, 1.807) is 11.0 Å². The fourth-order valence-electron chi connectivity index (χ4n) is 1.82. The molecule has 2 rings (SSSR count). The summed E-state index contributed by atoms with van der Waals surface area (Å²) in [6.07, 6.45) is 3.29. The van der Waals surface area contributed by atoms with Crippen molar-refractivity contribution in [3.8, 4) is 0 Å². The summed E-state index contributed by atoms with van der Waals surface area (Å²) in [5.41, 5.74) is 0. The number of nitrogens with zero attached hydrogens (tertiary/aromatic N) is 5. The van der Waals surface area contributed by atoms with E-state index < -0.39 is 0 Å². The summed E-state index contributed by atoms with van der Waals surface area (Å²) in [6, 6.07) is 1.93. The van der Waals surface area contributed by atoms with Gasteiger partial charge >= 0.3 is 0 Å². The molecule has 2 N–H and O–H groups in total. The van der Waals surface area contributed by atoms with Crippen molar-refractivity contribution in [2.24, 2.45) is 7.05 Å². The smallest absolute Gasteiger partial charge is 0.152 e. The molecule has 0 saturated heterocycles. The summed E-state index contributed by atoms with van der Waals surface area (Å²) in [5, 5.41) is 10.8. The topological polar surface area (TPSA) is 80.5 Å². The summed E-state index contributed by atoms with van der Waals surface area (Å²) < 4.78 is 1.71. The lowest BCUT2D eigenvalue weighted by molar-refractivity contribution is 0.741. The molecule has 0 unspecified atom stereocenters. The molecule has 0 aromatic carbocycles. The van der Waals surface area contributed by atoms with E-state index in [1.807, 2.05) is 27.0 Å². The average molecular weight is 275 g/mol. The van der Waals surface area contributed by atoms with Gasteiger partial charge in [0.25, 0.3) is 0 Å². The first kappa shape index (κ1) is 14.2. The van der Waals surface area contributed by atoms with Gasteiger partial charge in [0, 0.05) is 39.0 Å². The van der Waals surface area contributed by atoms with Crippen LogP contribution in [0.3, 0.4) is 0 Å². The summed E-state index contributed by atoms with van der Waals surface area (Å²) in [6.45, 7) is 5.69. The van der Waals surface area contributed by atoms with E-state index in [9.17, 15) is 0 Å². The molecule has 0 aliphatic carbocycles. The van der Waals surface area contributed by atoms with Crippen LogP contribution in [0.5, 0.6) is 0 Å². The number of rotatable bonds is 7. The minimum absolute atomic E-state index is 0.746. The molecule has 0 radical (unpaired) electrons. The fourth-order valence-corrected chi connectivity index (χ4v) is 1.82. The van der Waals surface area contributed by atoms with Gasteiger partial charge in [-0.2, -0.15) is 5.10 Å². The van der Waals surface area contributed by atoms with Crippen LogP contribution in [-0.4, -0.2) is 37.8 Å². The highest BCUT2D eigenvalue weighted by Gasteiger charge is 2.04. The van der Waals surface area contributed by atoms with E-state index in [0.717, 1.165) is 49.2 Å². The highest BCUT2D eigenvalue weighted by Crippen LogP contribution is 2.11. The van der Waals surface area contributed by atoms with Gasteiger partial charge in [0.05, 0.1) is 0 Å². The predicted molar refractivity (Wildman–Crippen MR) is 78.8 cm³/mol. The number of aryl methyl sites for hydroxylation is 2. The zero-order valence-electron chi connectivity index (χ0n) is 12.2. The van der Waals surface area contributed by atoms with Crippen molar-refractivity contribution in [2.75, 3.05) is 23.7 Å². The van der Waals surface area contributed by atoms with Gasteiger partial charge in [0.2, 0.25) is 0 Å². The number of hydrogen-bond acceptors (Lipinski definition) is 6. The van der Waals surface area contributed by atoms with Crippen molar-refractivity contribution in [1.82, 2.24) is 24.7 Å². The second-order valence-electron chi connectivity index (χ2n) is 4.45. The first-order valence-electron chi connectivity index (χ1n) is 6.91. The highest BCUT2D eigenvalue weighted by atomic mass is 15.3. The highest BCUT2D eigenvalue weighted by molar-refractivity contribution is 5.47. The lowest BCUT2D eigenvalue weighted by Gasteiger charge is -2.09. The zero-order chi connectivity index (χ0) is 14.4. The summed E-state index contributed by atoms with van der Waals surface area (Å²) in [4.78, 5) is 13.1. The third kappa shape index (κ3) is 3.91. The van der Waals surface area contributed by atoms with Gasteiger partial charge in [0.1, 0.15) is 23.8 Å². The Morgan fingerprint density at radius 1 is 1.10 bits per heavy atom. The van der Waals surface area contributed by atoms with Crippen LogP contribution in [-0.2, 0) is 19.9 Å². The molecule has 108 valence electrons. The third-order valence-corrected chi connectivity index (χ3v) is 2.75. The lowest BCUT2D eigenvalue weighted by Crippen LogP contribution is -2.10. The van der Waals surface area contributed by atoms with E-state index in [2.05, 4.69) is 30.7 Å². The molecule has 0 atom stereocenters. The molecule has 2 heterocycles. The van der Waals surface area contributed by atoms with Crippen LogP contribution in [0.15, 0.2) is 12.4 Å². The molecule has 2 aromatic heterocycles. The van der Waals surface area contributed by atoms with E-state index >= 15 is 0 Å². The Labute approximate surface area is 118 Å². The molecular weight excluding hydrogens is 254 g/mol. The predicted octanol–water partition coefficient (Wildman–Crippen LogP) is 1.25. The molecule has 0 fully saturated rings. The van der Waals surface area contributed by atoms with Gasteiger partial charge in [-0.1, -0.05) is 6.92 Å². The van der Waals surface area contributed by atoms with E-state index in [-0.39, 0.29) is 0 Å². The third-order valence-electron chi connectivity index (χ3n) is 2.75. The first-order valence-corrected chi connectivity index (χ1v) is 6.91. The molecule has 2 aromatic rings. The minimum Gasteiger partial charge on any atom is -0.370 e. The lowest BCUT2D eigenvalue weighted by atomic mass is 10.4. The van der Waals surface area contributed by atoms with E-state index in [0.29, 0.717) is 0 Å². The first-order chi connectivity index (χ1) is 9.71. The molecular formula is C13H21N7. The normalized spacial score (nSPS) is 10.6. The summed E-state index contributed by atoms with van der Waals surface area (Å²) in [7, 11) is 1.87. The monoisotopic (exact) mass is 275 g/mol. The zero-order valence-corrected chi connectivity index (χ0v) is 12.2. The molecule has 0 amide bonds. The van der Waals surface area contributed by atoms with Gasteiger partial charge in [-0.05, 0) is 6.92 Å². The van der Waals surface area contributed by atoms with Crippen LogP contribution < -0.4 is 10.6 Å². The second-order valence-corrected chi connectivity index (χ2v) is 4.45. The SMILES string of the molecule is CCNc1cc(NCCc2ncn(C)n2)nc(CC)n1. The van der Waals surface area contributed by atoms with Crippen LogP contribution in [0.2, 0.25) is 0 Å². The van der Waals surface area contributed by atoms with Gasteiger partial charge < -0.3 is 10.6 Å². The van der Waals surface area contributed by atoms with E-state index in [4.69, 9.17) is 0 Å². The van der Waals surface area contributed by atoms with Crippen LogP contribution in [0, 0.1) is 0 Å². The molecule has 0 saturated carbocycles. The quantitative estimate of drug-likeness (QED) is 0.791. The number of nitrogens with one attached hydrogen (secondary N) is 2. The molecule has 0 aliphatic heterocycles. The van der Waals surface area contributed by atoms with Gasteiger partial charge in [-0.3, -0.25) is 4.68 Å². The van der Waals surface area contributed by atoms with Crippen LogP contribution in [0.1, 0.15) is 25.5 Å². The maximum atomic E-state index is 4.46. The maximum Gasteiger partial charge on any atom is 0.152 e. The average Bonchev–Trinajstić information content (AvgIpc) is 2.84. The number of hydrogen-bond donors (Lipinski definition) is 2. The Hall–Kier alpha value is -2.18. The van der Waals surface area contributed by atoms with Crippen LogP contribution in [0.25, 0.3) is 0 Å². The van der Waals surface area contributed by atoms with E-state index in [1.165, 1.54) is 0 Å². The van der Waals surface area contributed by atoms with Crippen molar-refractivity contribution in [2.45, 2.75) is 26.7 Å². The van der Waals surface area contributed by atoms with Crippen LogP contribution in [0.4, 0.5) is 11.6 Å². The molecule has 7 nitrogen and oxygen atoms in total. The minimum atomic E-state index is 0.746. The fraction of sp³-hybridized carbons (Fsp3) is 0.538. The largest absolute Gasteiger partial charge is 0.370 e. The van der Waals surface area contributed by atoms with Gasteiger partial charge in [-0.25, -0.2) is 15.0 Å². The molecule has 0 aliphatic rings. The Bertz CT molecular complexity index is 549. The van der Waals surface area contributed by atoms with Crippen LogP contribution >= 0.6 is 0 Å². The molecule has 20 heavy (non-hydrogen) atoms. The molecule has 7 heteroatoms.